The van der Waals surface area contributed by atoms with E-state index < -0.39 is 22.9 Å². The highest BCUT2D eigenvalue weighted by Gasteiger charge is 2.36. The summed E-state index contributed by atoms with van der Waals surface area (Å²) >= 11 is 7.19. The van der Waals surface area contributed by atoms with Crippen LogP contribution in [0.5, 0.6) is 11.5 Å². The van der Waals surface area contributed by atoms with Crippen molar-refractivity contribution in [1.82, 2.24) is 0 Å². The summed E-state index contributed by atoms with van der Waals surface area (Å²) in [6.45, 7) is -0.372. The van der Waals surface area contributed by atoms with Crippen molar-refractivity contribution >= 4 is 57.9 Å². The summed E-state index contributed by atoms with van der Waals surface area (Å²) in [4.78, 5) is 38.8. The van der Waals surface area contributed by atoms with Crippen molar-refractivity contribution in [2.75, 3.05) is 23.9 Å². The lowest BCUT2D eigenvalue weighted by molar-refractivity contribution is -0.118. The van der Waals surface area contributed by atoms with Crippen LogP contribution >= 0.6 is 23.4 Å². The van der Waals surface area contributed by atoms with E-state index in [0.29, 0.717) is 16.9 Å². The first-order valence-corrected chi connectivity index (χ1v) is 11.4. The summed E-state index contributed by atoms with van der Waals surface area (Å²) < 4.78 is 23.9. The second-order valence-corrected chi connectivity index (χ2v) is 8.63. The normalized spacial score (nSPS) is 14.4. The third kappa shape index (κ3) is 5.64. The zero-order valence-corrected chi connectivity index (χ0v) is 19.9. The first-order valence-electron chi connectivity index (χ1n) is 10.2. The van der Waals surface area contributed by atoms with Crippen molar-refractivity contribution in [1.29, 1.82) is 0 Å². The maximum Gasteiger partial charge on any atom is 0.298 e. The molecule has 4 rings (SSSR count). The van der Waals surface area contributed by atoms with Gasteiger partial charge in [-0.05, 0) is 71.9 Å². The quantitative estimate of drug-likeness (QED) is 0.406. The van der Waals surface area contributed by atoms with E-state index in [1.807, 2.05) is 0 Å². The molecule has 0 bridgehead atoms. The number of ether oxygens (including phenoxy) is 2. The number of methoxy groups -OCH3 is 1. The second kappa shape index (κ2) is 10.6. The molecule has 10 heteroatoms. The number of thioether (sulfide) groups is 1. The average Bonchev–Trinajstić information content (AvgIpc) is 3.12. The molecule has 0 aliphatic carbocycles. The minimum absolute atomic E-state index is 0.137. The van der Waals surface area contributed by atoms with Gasteiger partial charge in [0, 0.05) is 5.69 Å². The Kier molecular flexibility index (Phi) is 7.38. The summed E-state index contributed by atoms with van der Waals surface area (Å²) in [5.74, 6) is -0.966. The van der Waals surface area contributed by atoms with Gasteiger partial charge in [-0.1, -0.05) is 29.8 Å². The number of benzene rings is 3. The molecule has 7 nitrogen and oxygen atoms in total. The molecule has 1 saturated heterocycles. The van der Waals surface area contributed by atoms with Crippen LogP contribution in [0.2, 0.25) is 5.02 Å². The average molecular weight is 513 g/mol. The Morgan fingerprint density at radius 1 is 1.11 bits per heavy atom. The van der Waals surface area contributed by atoms with Crippen LogP contribution in [0.1, 0.15) is 5.56 Å². The third-order valence-electron chi connectivity index (χ3n) is 4.83. The molecular formula is C25H18ClFN2O5S. The minimum atomic E-state index is -0.478. The molecule has 0 aromatic heterocycles. The van der Waals surface area contributed by atoms with Crippen molar-refractivity contribution in [3.8, 4) is 11.5 Å². The molecule has 0 unspecified atom stereocenters. The molecule has 178 valence electrons. The van der Waals surface area contributed by atoms with Crippen LogP contribution in [0.15, 0.2) is 71.6 Å². The van der Waals surface area contributed by atoms with E-state index in [2.05, 4.69) is 5.32 Å². The van der Waals surface area contributed by atoms with Gasteiger partial charge in [0.25, 0.3) is 17.1 Å². The standard InChI is InChI=1S/C25H18ClFN2O5S/c1-33-20-12-15(13-21-24(31)29(25(32)35-21)18-5-3-2-4-6-18)11-19(26)23(20)34-14-22(30)28-17-9-7-16(27)8-10-17/h2-13H,14H2,1H3,(H,28,30)/b21-13+. The predicted octanol–water partition coefficient (Wildman–Crippen LogP) is 5.75. The molecule has 1 aliphatic rings. The number of hydrogen-bond acceptors (Lipinski definition) is 6. The largest absolute Gasteiger partial charge is 0.493 e. The zero-order chi connectivity index (χ0) is 24.9. The monoisotopic (exact) mass is 512 g/mol. The molecule has 3 aromatic carbocycles. The number of nitrogens with one attached hydrogen (secondary N) is 1. The predicted molar refractivity (Wildman–Crippen MR) is 133 cm³/mol. The minimum Gasteiger partial charge on any atom is -0.493 e. The Bertz CT molecular complexity index is 1320. The fraction of sp³-hybridized carbons (Fsp3) is 0.0800. The second-order valence-electron chi connectivity index (χ2n) is 7.23. The Labute approximate surface area is 209 Å². The number of hydrogen-bond donors (Lipinski definition) is 1. The van der Waals surface area contributed by atoms with Crippen molar-refractivity contribution in [2.24, 2.45) is 0 Å². The zero-order valence-electron chi connectivity index (χ0n) is 18.3. The number of rotatable bonds is 7. The van der Waals surface area contributed by atoms with Crippen molar-refractivity contribution < 1.29 is 28.2 Å². The van der Waals surface area contributed by atoms with Crippen LogP contribution in [-0.2, 0) is 9.59 Å². The molecule has 0 spiro atoms. The molecule has 3 aromatic rings. The summed E-state index contributed by atoms with van der Waals surface area (Å²) in [5, 5.41) is 2.32. The van der Waals surface area contributed by atoms with E-state index in [-0.39, 0.29) is 28.0 Å². The fourth-order valence-corrected chi connectivity index (χ4v) is 4.36. The molecule has 0 saturated carbocycles. The van der Waals surface area contributed by atoms with E-state index in [0.717, 1.165) is 16.7 Å². The van der Waals surface area contributed by atoms with E-state index >= 15 is 0 Å². The maximum atomic E-state index is 13.0. The number of imide groups is 1. The van der Waals surface area contributed by atoms with Gasteiger partial charge in [-0.3, -0.25) is 14.4 Å². The lowest BCUT2D eigenvalue weighted by Gasteiger charge is -2.14. The molecule has 1 fully saturated rings. The summed E-state index contributed by atoms with van der Waals surface area (Å²) in [6.07, 6.45) is 1.53. The van der Waals surface area contributed by atoms with E-state index in [9.17, 15) is 18.8 Å². The van der Waals surface area contributed by atoms with Gasteiger partial charge >= 0.3 is 0 Å². The number of halogens is 2. The fourth-order valence-electron chi connectivity index (χ4n) is 3.25. The van der Waals surface area contributed by atoms with Gasteiger partial charge in [0.05, 0.1) is 22.7 Å². The molecular weight excluding hydrogens is 495 g/mol. The smallest absolute Gasteiger partial charge is 0.298 e. The van der Waals surface area contributed by atoms with Crippen LogP contribution < -0.4 is 19.7 Å². The maximum absolute atomic E-state index is 13.0. The molecule has 1 N–H and O–H groups in total. The molecule has 1 heterocycles. The third-order valence-corrected chi connectivity index (χ3v) is 5.98. The SMILES string of the molecule is COc1cc(/C=C2/SC(=O)N(c3ccccc3)C2=O)cc(Cl)c1OCC(=O)Nc1ccc(F)cc1. The van der Waals surface area contributed by atoms with E-state index in [4.69, 9.17) is 21.1 Å². The number of carbonyl (C=O) groups is 3. The Morgan fingerprint density at radius 3 is 2.51 bits per heavy atom. The number of nitrogens with zero attached hydrogens (tertiary/aromatic N) is 1. The Balaban J connectivity index is 1.49. The van der Waals surface area contributed by atoms with Crippen LogP contribution in [0.3, 0.4) is 0 Å². The number of carbonyl (C=O) groups excluding carboxylic acids is 3. The van der Waals surface area contributed by atoms with Gasteiger partial charge in [-0.25, -0.2) is 9.29 Å². The molecule has 35 heavy (non-hydrogen) atoms. The van der Waals surface area contributed by atoms with Gasteiger partial charge < -0.3 is 14.8 Å². The summed E-state index contributed by atoms with van der Waals surface area (Å²) in [6, 6.07) is 17.1. The van der Waals surface area contributed by atoms with Crippen molar-refractivity contribution in [2.45, 2.75) is 0 Å². The lowest BCUT2D eigenvalue weighted by atomic mass is 10.1. The van der Waals surface area contributed by atoms with Crippen LogP contribution in [0, 0.1) is 5.82 Å². The van der Waals surface area contributed by atoms with Crippen LogP contribution in [0.25, 0.3) is 6.08 Å². The molecule has 0 atom stereocenters. The first-order chi connectivity index (χ1) is 16.9. The van der Waals surface area contributed by atoms with Crippen LogP contribution in [0.4, 0.5) is 20.6 Å². The Morgan fingerprint density at radius 2 is 1.83 bits per heavy atom. The first kappa shape index (κ1) is 24.3. The lowest BCUT2D eigenvalue weighted by Crippen LogP contribution is -2.27. The van der Waals surface area contributed by atoms with E-state index in [1.165, 1.54) is 43.5 Å². The highest BCUT2D eigenvalue weighted by molar-refractivity contribution is 8.19. The summed E-state index contributed by atoms with van der Waals surface area (Å²) in [7, 11) is 1.41. The highest BCUT2D eigenvalue weighted by Crippen LogP contribution is 2.40. The number of para-hydroxylation sites is 1. The highest BCUT2D eigenvalue weighted by atomic mass is 35.5. The molecule has 0 radical (unpaired) electrons. The van der Waals surface area contributed by atoms with E-state index in [1.54, 1.807) is 36.4 Å². The van der Waals surface area contributed by atoms with Gasteiger partial charge in [0.15, 0.2) is 18.1 Å². The summed E-state index contributed by atoms with van der Waals surface area (Å²) in [5.41, 5.74) is 1.41. The number of amides is 3. The van der Waals surface area contributed by atoms with Gasteiger partial charge in [-0.2, -0.15) is 0 Å². The van der Waals surface area contributed by atoms with Crippen LogP contribution in [-0.4, -0.2) is 30.8 Å². The van der Waals surface area contributed by atoms with Gasteiger partial charge in [-0.15, -0.1) is 0 Å². The number of anilines is 2. The topological polar surface area (TPSA) is 84.9 Å². The van der Waals surface area contributed by atoms with Gasteiger partial charge in [0.1, 0.15) is 5.82 Å². The molecule has 3 amide bonds. The molecule has 1 aliphatic heterocycles. The van der Waals surface area contributed by atoms with Crippen molar-refractivity contribution in [3.63, 3.8) is 0 Å². The van der Waals surface area contributed by atoms with Crippen molar-refractivity contribution in [3.05, 3.63) is 88.0 Å². The Hall–Kier alpha value is -3.82. The van der Waals surface area contributed by atoms with Gasteiger partial charge in [0.2, 0.25) is 0 Å².